The van der Waals surface area contributed by atoms with Crippen molar-refractivity contribution in [3.05, 3.63) is 95.3 Å². The Morgan fingerprint density at radius 2 is 1.41 bits per heavy atom. The van der Waals surface area contributed by atoms with Crippen LogP contribution in [0.3, 0.4) is 0 Å². The second kappa shape index (κ2) is 10.1. The predicted molar refractivity (Wildman–Crippen MR) is 123 cm³/mol. The molecule has 1 aliphatic rings. The third-order valence-electron chi connectivity index (χ3n) is 6.34. The lowest BCUT2D eigenvalue weighted by atomic mass is 9.92. The summed E-state index contributed by atoms with van der Waals surface area (Å²) in [5.41, 5.74) is -0.452. The summed E-state index contributed by atoms with van der Waals surface area (Å²) in [6, 6.07) is 9.22. The van der Waals surface area contributed by atoms with E-state index in [4.69, 9.17) is 4.74 Å². The Hall–Kier alpha value is -2.99. The van der Waals surface area contributed by atoms with E-state index >= 15 is 0 Å². The normalized spacial score (nSPS) is 18.2. The smallest absolute Gasteiger partial charge is 0.167 e. The number of hydrogen-bond donors (Lipinski definition) is 0. The first kappa shape index (κ1) is 24.1. The summed E-state index contributed by atoms with van der Waals surface area (Å²) in [6.45, 7) is 6.02. The highest BCUT2D eigenvalue weighted by Gasteiger charge is 2.27. The summed E-state index contributed by atoms with van der Waals surface area (Å²) in [7, 11) is 0. The molecule has 1 heterocycles. The van der Waals surface area contributed by atoms with E-state index in [-0.39, 0.29) is 22.6 Å². The number of halogens is 5. The molecule has 2 unspecified atom stereocenters. The fourth-order valence-corrected chi connectivity index (χ4v) is 4.41. The lowest BCUT2D eigenvalue weighted by molar-refractivity contribution is -0.00732. The zero-order chi connectivity index (χ0) is 24.4. The Labute approximate surface area is 195 Å². The van der Waals surface area contributed by atoms with Gasteiger partial charge in [-0.25, -0.2) is 22.0 Å². The van der Waals surface area contributed by atoms with Crippen molar-refractivity contribution in [2.45, 2.75) is 38.7 Å². The Morgan fingerprint density at radius 1 is 0.824 bits per heavy atom. The van der Waals surface area contributed by atoms with Crippen LogP contribution in [0.15, 0.2) is 55.1 Å². The second-order valence-electron chi connectivity index (χ2n) is 8.58. The molecule has 0 saturated carbocycles. The molecule has 1 nitrogen and oxygen atoms in total. The van der Waals surface area contributed by atoms with Gasteiger partial charge >= 0.3 is 0 Å². The van der Waals surface area contributed by atoms with Crippen LogP contribution < -0.4 is 0 Å². The van der Waals surface area contributed by atoms with Gasteiger partial charge in [-0.3, -0.25) is 0 Å². The number of ether oxygens (including phenoxy) is 1. The molecule has 0 amide bonds. The predicted octanol–water partition coefficient (Wildman–Crippen LogP) is 8.32. The average molecular weight is 472 g/mol. The van der Waals surface area contributed by atoms with E-state index in [0.29, 0.717) is 19.4 Å². The molecule has 6 heteroatoms. The highest BCUT2D eigenvalue weighted by Crippen LogP contribution is 2.38. The molecule has 1 saturated heterocycles. The van der Waals surface area contributed by atoms with Crippen molar-refractivity contribution < 1.29 is 26.7 Å². The monoisotopic (exact) mass is 472 g/mol. The van der Waals surface area contributed by atoms with Crippen LogP contribution in [-0.2, 0) is 11.2 Å². The summed E-state index contributed by atoms with van der Waals surface area (Å²) in [5.74, 6) is -5.65. The van der Waals surface area contributed by atoms with Crippen LogP contribution in [0, 0.1) is 35.0 Å². The van der Waals surface area contributed by atoms with E-state index in [9.17, 15) is 22.0 Å². The molecular formula is C28H25F5O. The zero-order valence-electron chi connectivity index (χ0n) is 18.8. The summed E-state index contributed by atoms with van der Waals surface area (Å²) < 4.78 is 80.0. The Bertz CT molecular complexity index is 1210. The molecule has 3 aromatic rings. The topological polar surface area (TPSA) is 9.23 Å². The third kappa shape index (κ3) is 4.51. The van der Waals surface area contributed by atoms with Crippen LogP contribution >= 0.6 is 0 Å². The van der Waals surface area contributed by atoms with Gasteiger partial charge in [-0.15, -0.1) is 6.58 Å². The van der Waals surface area contributed by atoms with Gasteiger partial charge in [0.25, 0.3) is 0 Å². The summed E-state index contributed by atoms with van der Waals surface area (Å²) in [5, 5.41) is 0. The molecule has 1 fully saturated rings. The van der Waals surface area contributed by atoms with E-state index in [2.05, 4.69) is 6.58 Å². The quantitative estimate of drug-likeness (QED) is 0.259. The molecule has 0 spiro atoms. The van der Waals surface area contributed by atoms with Crippen LogP contribution in [0.5, 0.6) is 0 Å². The minimum absolute atomic E-state index is 0.0375. The molecule has 0 bridgehead atoms. The van der Waals surface area contributed by atoms with Gasteiger partial charge in [0.2, 0.25) is 0 Å². The molecule has 4 rings (SSSR count). The van der Waals surface area contributed by atoms with Crippen molar-refractivity contribution >= 4 is 0 Å². The minimum Gasteiger partial charge on any atom is -0.373 e. The van der Waals surface area contributed by atoms with Crippen LogP contribution in [0.2, 0.25) is 0 Å². The Kier molecular flexibility index (Phi) is 7.17. The fraction of sp³-hybridized carbons (Fsp3) is 0.286. The Balaban J connectivity index is 1.67. The number of benzene rings is 3. The van der Waals surface area contributed by atoms with Crippen LogP contribution in [0.25, 0.3) is 22.3 Å². The van der Waals surface area contributed by atoms with E-state index in [1.165, 1.54) is 30.3 Å². The molecule has 3 aromatic carbocycles. The summed E-state index contributed by atoms with van der Waals surface area (Å²) in [6.07, 6.45) is 3.85. The lowest BCUT2D eigenvalue weighted by Crippen LogP contribution is -2.20. The molecule has 2 atom stereocenters. The van der Waals surface area contributed by atoms with Gasteiger partial charge in [-0.05, 0) is 30.9 Å². The lowest BCUT2D eigenvalue weighted by Gasteiger charge is -2.28. The van der Waals surface area contributed by atoms with Crippen LogP contribution in [0.4, 0.5) is 22.0 Å². The van der Waals surface area contributed by atoms with Gasteiger partial charge in [-0.1, -0.05) is 55.8 Å². The van der Waals surface area contributed by atoms with Gasteiger partial charge in [0.05, 0.1) is 12.7 Å². The standard InChI is InChI=1S/C28H25F5O/c1-3-5-17-6-8-18(23(29)14-17)19-9-10-20(26(31)25(19)30)21-11-12-22(28(33)27(21)32)24-13-7-16(4-2)15-34-24/h4,6,8-12,14,16,24H,2-3,5,7,13,15H2,1H3. The molecule has 1 aliphatic heterocycles. The van der Waals surface area contributed by atoms with Crippen molar-refractivity contribution in [3.63, 3.8) is 0 Å². The van der Waals surface area contributed by atoms with E-state index in [1.54, 1.807) is 12.1 Å². The van der Waals surface area contributed by atoms with Gasteiger partial charge in [0, 0.05) is 33.7 Å². The van der Waals surface area contributed by atoms with Gasteiger partial charge in [0.15, 0.2) is 23.3 Å². The van der Waals surface area contributed by atoms with Crippen molar-refractivity contribution in [2.75, 3.05) is 6.61 Å². The molecule has 34 heavy (non-hydrogen) atoms. The maximum Gasteiger partial charge on any atom is 0.167 e. The van der Waals surface area contributed by atoms with Crippen LogP contribution in [-0.4, -0.2) is 6.61 Å². The molecule has 0 radical (unpaired) electrons. The highest BCUT2D eigenvalue weighted by atomic mass is 19.2. The number of rotatable bonds is 6. The van der Waals surface area contributed by atoms with Crippen molar-refractivity contribution in [1.29, 1.82) is 0 Å². The highest BCUT2D eigenvalue weighted by molar-refractivity contribution is 5.73. The molecule has 0 aromatic heterocycles. The first-order chi connectivity index (χ1) is 16.3. The maximum atomic E-state index is 15.0. The van der Waals surface area contributed by atoms with Gasteiger partial charge in [-0.2, -0.15) is 0 Å². The molecule has 178 valence electrons. The average Bonchev–Trinajstić information content (AvgIpc) is 2.84. The SMILES string of the molecule is C=CC1CCC(c2ccc(-c3ccc(-c4ccc(CCC)cc4F)c(F)c3F)c(F)c2F)OC1. The Morgan fingerprint density at radius 3 is 1.97 bits per heavy atom. The van der Waals surface area contributed by atoms with Crippen LogP contribution in [0.1, 0.15) is 43.4 Å². The maximum absolute atomic E-state index is 15.0. The third-order valence-corrected chi connectivity index (χ3v) is 6.34. The van der Waals surface area contributed by atoms with E-state index in [1.807, 2.05) is 6.92 Å². The molecular weight excluding hydrogens is 447 g/mol. The summed E-state index contributed by atoms with van der Waals surface area (Å²) >= 11 is 0. The van der Waals surface area contributed by atoms with Gasteiger partial charge in [0.1, 0.15) is 5.82 Å². The van der Waals surface area contributed by atoms with Crippen molar-refractivity contribution in [3.8, 4) is 22.3 Å². The van der Waals surface area contributed by atoms with Crippen molar-refractivity contribution in [2.24, 2.45) is 5.92 Å². The van der Waals surface area contributed by atoms with E-state index in [0.717, 1.165) is 24.5 Å². The number of hydrogen-bond acceptors (Lipinski definition) is 1. The molecule has 0 aliphatic carbocycles. The van der Waals surface area contributed by atoms with Crippen molar-refractivity contribution in [1.82, 2.24) is 0 Å². The minimum atomic E-state index is -1.37. The fourth-order valence-electron chi connectivity index (χ4n) is 4.41. The van der Waals surface area contributed by atoms with Gasteiger partial charge < -0.3 is 4.74 Å². The second-order valence-corrected chi connectivity index (χ2v) is 8.58. The van der Waals surface area contributed by atoms with E-state index < -0.39 is 46.3 Å². The largest absolute Gasteiger partial charge is 0.373 e. The molecule has 0 N–H and O–H groups in total. The summed E-state index contributed by atoms with van der Waals surface area (Å²) in [4.78, 5) is 0. The first-order valence-corrected chi connectivity index (χ1v) is 11.3. The number of aryl methyl sites for hydroxylation is 1. The first-order valence-electron chi connectivity index (χ1n) is 11.3. The zero-order valence-corrected chi connectivity index (χ0v) is 18.8.